The van der Waals surface area contributed by atoms with Crippen LogP contribution in [0.4, 0.5) is 13.2 Å². The highest BCUT2D eigenvalue weighted by molar-refractivity contribution is 7.90. The Morgan fingerprint density at radius 2 is 1.88 bits per heavy atom. The van der Waals surface area contributed by atoms with Gasteiger partial charge in [0.2, 0.25) is 0 Å². The standard InChI is InChI=1S/C20H16Cl2F3N3O4S/c1-3-18-26-16(10-28(18)13-7-11(20(23,24)25)6-12(21)8-13)19(29)27-33(30,31)17-9-14(32-2)4-5-15(17)22/h4-10H,3H2,1-2H3,(H,27,29). The average Bonchev–Trinajstić information content (AvgIpc) is 3.17. The van der Waals surface area contributed by atoms with Gasteiger partial charge in [-0.3, -0.25) is 4.79 Å². The smallest absolute Gasteiger partial charge is 0.416 e. The van der Waals surface area contributed by atoms with E-state index in [1.807, 2.05) is 4.72 Å². The van der Waals surface area contributed by atoms with Gasteiger partial charge in [-0.15, -0.1) is 0 Å². The molecule has 1 amide bonds. The summed E-state index contributed by atoms with van der Waals surface area (Å²) in [5, 5.41) is -0.314. The fourth-order valence-electron chi connectivity index (χ4n) is 2.92. The third-order valence-corrected chi connectivity index (χ3v) is 6.50. The summed E-state index contributed by atoms with van der Waals surface area (Å²) in [6, 6.07) is 6.76. The van der Waals surface area contributed by atoms with Gasteiger partial charge in [-0.05, 0) is 30.3 Å². The number of sulfonamides is 1. The van der Waals surface area contributed by atoms with E-state index in [1.54, 1.807) is 6.92 Å². The lowest BCUT2D eigenvalue weighted by Gasteiger charge is -2.12. The second kappa shape index (κ2) is 9.24. The lowest BCUT2D eigenvalue weighted by atomic mass is 10.2. The van der Waals surface area contributed by atoms with Crippen LogP contribution in [0.15, 0.2) is 47.5 Å². The first kappa shape index (κ1) is 24.9. The zero-order valence-electron chi connectivity index (χ0n) is 17.1. The molecule has 0 bridgehead atoms. The van der Waals surface area contributed by atoms with Crippen molar-refractivity contribution in [1.29, 1.82) is 0 Å². The van der Waals surface area contributed by atoms with Crippen LogP contribution in [0.1, 0.15) is 28.8 Å². The van der Waals surface area contributed by atoms with Crippen LogP contribution < -0.4 is 9.46 Å². The lowest BCUT2D eigenvalue weighted by molar-refractivity contribution is -0.137. The number of benzene rings is 2. The summed E-state index contributed by atoms with van der Waals surface area (Å²) in [4.78, 5) is 16.3. The number of imidazole rings is 1. The highest BCUT2D eigenvalue weighted by Crippen LogP contribution is 2.33. The number of amides is 1. The van der Waals surface area contributed by atoms with Crippen molar-refractivity contribution < 1.29 is 31.1 Å². The van der Waals surface area contributed by atoms with E-state index in [1.165, 1.54) is 29.9 Å². The van der Waals surface area contributed by atoms with Crippen molar-refractivity contribution in [3.05, 3.63) is 69.7 Å². The van der Waals surface area contributed by atoms with Gasteiger partial charge in [0.15, 0.2) is 0 Å². The molecule has 3 aromatic rings. The predicted molar refractivity (Wildman–Crippen MR) is 116 cm³/mol. The molecule has 0 aliphatic carbocycles. The van der Waals surface area contributed by atoms with E-state index >= 15 is 0 Å². The van der Waals surface area contributed by atoms with Crippen molar-refractivity contribution in [1.82, 2.24) is 14.3 Å². The number of aromatic nitrogens is 2. The Hall–Kier alpha value is -2.76. The van der Waals surface area contributed by atoms with Crippen LogP contribution in [0.5, 0.6) is 5.75 Å². The lowest BCUT2D eigenvalue weighted by Crippen LogP contribution is -2.31. The number of ether oxygens (including phenoxy) is 1. The van der Waals surface area contributed by atoms with Crippen LogP contribution in [-0.2, 0) is 22.6 Å². The number of carbonyl (C=O) groups is 1. The average molecular weight is 522 g/mol. The molecule has 0 unspecified atom stereocenters. The van der Waals surface area contributed by atoms with Gasteiger partial charge in [0.05, 0.1) is 17.7 Å². The van der Waals surface area contributed by atoms with Crippen molar-refractivity contribution in [3.63, 3.8) is 0 Å². The van der Waals surface area contributed by atoms with Crippen molar-refractivity contribution in [2.45, 2.75) is 24.4 Å². The maximum absolute atomic E-state index is 13.2. The number of aryl methyl sites for hydroxylation is 1. The summed E-state index contributed by atoms with van der Waals surface area (Å²) in [6.45, 7) is 1.67. The number of nitrogens with zero attached hydrogens (tertiary/aromatic N) is 2. The minimum absolute atomic E-state index is 0.0110. The minimum atomic E-state index is -4.64. The Morgan fingerprint density at radius 1 is 1.18 bits per heavy atom. The highest BCUT2D eigenvalue weighted by atomic mass is 35.5. The third-order valence-electron chi connectivity index (χ3n) is 4.47. The van der Waals surface area contributed by atoms with Gasteiger partial charge >= 0.3 is 6.18 Å². The molecule has 1 aromatic heterocycles. The molecule has 0 saturated heterocycles. The first-order valence-corrected chi connectivity index (χ1v) is 11.5. The molecule has 3 rings (SSSR count). The molecule has 2 aromatic carbocycles. The Kier molecular flexibility index (Phi) is 6.96. The monoisotopic (exact) mass is 521 g/mol. The minimum Gasteiger partial charge on any atom is -0.497 e. The molecule has 13 heteroatoms. The van der Waals surface area contributed by atoms with Crippen molar-refractivity contribution in [2.24, 2.45) is 0 Å². The van der Waals surface area contributed by atoms with Gasteiger partial charge in [-0.25, -0.2) is 18.1 Å². The number of hydrogen-bond donors (Lipinski definition) is 1. The van der Waals surface area contributed by atoms with Crippen LogP contribution >= 0.6 is 23.2 Å². The molecule has 0 radical (unpaired) electrons. The molecular formula is C20H16Cl2F3N3O4S. The summed E-state index contributed by atoms with van der Waals surface area (Å²) < 4.78 is 73.0. The van der Waals surface area contributed by atoms with E-state index in [0.717, 1.165) is 24.4 Å². The maximum Gasteiger partial charge on any atom is 0.416 e. The normalized spacial score (nSPS) is 12.0. The molecule has 0 spiro atoms. The zero-order chi connectivity index (χ0) is 24.6. The number of rotatable bonds is 6. The number of methoxy groups -OCH3 is 1. The van der Waals surface area contributed by atoms with E-state index < -0.39 is 32.6 Å². The Bertz CT molecular complexity index is 1320. The molecule has 0 fully saturated rings. The van der Waals surface area contributed by atoms with Crippen molar-refractivity contribution >= 4 is 39.1 Å². The number of hydrogen-bond acceptors (Lipinski definition) is 5. The maximum atomic E-state index is 13.2. The number of nitrogens with one attached hydrogen (secondary N) is 1. The summed E-state index contributed by atoms with van der Waals surface area (Å²) in [6.07, 6.45) is -3.28. The molecule has 0 atom stereocenters. The molecule has 0 aliphatic rings. The van der Waals surface area contributed by atoms with Gasteiger partial charge in [0.1, 0.15) is 22.2 Å². The molecular weight excluding hydrogens is 506 g/mol. The summed E-state index contributed by atoms with van der Waals surface area (Å²) >= 11 is 11.8. The molecule has 1 N–H and O–H groups in total. The molecule has 176 valence electrons. The fourth-order valence-corrected chi connectivity index (χ4v) is 4.63. The molecule has 0 aliphatic heterocycles. The second-order valence-corrected chi connectivity index (χ2v) is 9.19. The number of carbonyl (C=O) groups excluding carboxylic acids is 1. The predicted octanol–water partition coefficient (Wildman–Crippen LogP) is 4.89. The van der Waals surface area contributed by atoms with Gasteiger partial charge in [-0.2, -0.15) is 13.2 Å². The van der Waals surface area contributed by atoms with Crippen LogP contribution in [0.25, 0.3) is 5.69 Å². The first-order chi connectivity index (χ1) is 15.4. The van der Waals surface area contributed by atoms with E-state index in [0.29, 0.717) is 0 Å². The molecule has 33 heavy (non-hydrogen) atoms. The Labute approximate surface area is 197 Å². The van der Waals surface area contributed by atoms with Crippen LogP contribution in [-0.4, -0.2) is 31.0 Å². The van der Waals surface area contributed by atoms with Gasteiger partial charge in [0.25, 0.3) is 15.9 Å². The molecule has 0 saturated carbocycles. The van der Waals surface area contributed by atoms with Crippen LogP contribution in [0.2, 0.25) is 10.0 Å². The zero-order valence-corrected chi connectivity index (χ0v) is 19.4. The van der Waals surface area contributed by atoms with E-state index in [2.05, 4.69) is 4.98 Å². The second-order valence-electron chi connectivity index (χ2n) is 6.69. The highest BCUT2D eigenvalue weighted by Gasteiger charge is 2.32. The van der Waals surface area contributed by atoms with Gasteiger partial charge in [-0.1, -0.05) is 30.1 Å². The number of halogens is 5. The van der Waals surface area contributed by atoms with Crippen molar-refractivity contribution in [3.8, 4) is 11.4 Å². The summed E-state index contributed by atoms with van der Waals surface area (Å²) in [5.41, 5.74) is -1.30. The van der Waals surface area contributed by atoms with Gasteiger partial charge in [0, 0.05) is 29.4 Å². The topological polar surface area (TPSA) is 90.3 Å². The molecule has 1 heterocycles. The van der Waals surface area contributed by atoms with E-state index in [-0.39, 0.29) is 39.4 Å². The van der Waals surface area contributed by atoms with Gasteiger partial charge < -0.3 is 9.30 Å². The first-order valence-electron chi connectivity index (χ1n) is 9.23. The Morgan fingerprint density at radius 3 is 2.48 bits per heavy atom. The number of alkyl halides is 3. The fraction of sp³-hybridized carbons (Fsp3) is 0.200. The van der Waals surface area contributed by atoms with E-state index in [4.69, 9.17) is 27.9 Å². The van der Waals surface area contributed by atoms with Crippen LogP contribution in [0.3, 0.4) is 0 Å². The largest absolute Gasteiger partial charge is 0.497 e. The summed E-state index contributed by atoms with van der Waals surface area (Å²) in [5.74, 6) is -0.682. The van der Waals surface area contributed by atoms with E-state index in [9.17, 15) is 26.4 Å². The molecule has 7 nitrogen and oxygen atoms in total. The quantitative estimate of drug-likeness (QED) is 0.498. The summed E-state index contributed by atoms with van der Waals surface area (Å²) in [7, 11) is -3.08. The SMILES string of the molecule is CCc1nc(C(=O)NS(=O)(=O)c2cc(OC)ccc2Cl)cn1-c1cc(Cl)cc(C(F)(F)F)c1. The third kappa shape index (κ3) is 5.43. The van der Waals surface area contributed by atoms with Crippen molar-refractivity contribution in [2.75, 3.05) is 7.11 Å². The Balaban J connectivity index is 1.98. The van der Waals surface area contributed by atoms with Crippen LogP contribution in [0, 0.1) is 0 Å².